The molecular weight excluding hydrogens is 503 g/mol. The van der Waals surface area contributed by atoms with Crippen LogP contribution in [-0.4, -0.2) is 51.4 Å². The number of anilines is 1. The molecule has 11 heteroatoms. The molecule has 2 aromatic rings. The van der Waals surface area contributed by atoms with E-state index in [1.165, 1.54) is 0 Å². The minimum Gasteiger partial charge on any atom is -0.365 e. The molecule has 37 heavy (non-hydrogen) atoms. The van der Waals surface area contributed by atoms with E-state index in [0.29, 0.717) is 13.1 Å². The van der Waals surface area contributed by atoms with Crippen LogP contribution < -0.4 is 10.6 Å². The minimum atomic E-state index is -4.70. The molecule has 3 heterocycles. The molecule has 202 valence electrons. The van der Waals surface area contributed by atoms with Crippen molar-refractivity contribution in [1.82, 2.24) is 20.2 Å². The first kappa shape index (κ1) is 27.3. The number of likely N-dealkylation sites (tertiary alicyclic amines) is 1. The Morgan fingerprint density at radius 2 is 1.92 bits per heavy atom. The van der Waals surface area contributed by atoms with E-state index in [1.807, 2.05) is 34.6 Å². The second kappa shape index (κ2) is 9.89. The zero-order valence-electron chi connectivity index (χ0n) is 21.9. The summed E-state index contributed by atoms with van der Waals surface area (Å²) in [6.45, 7) is 10.6. The van der Waals surface area contributed by atoms with Crippen molar-refractivity contribution in [2.75, 3.05) is 18.4 Å². The Labute approximate surface area is 219 Å². The fraction of sp³-hybridized carbons (Fsp3) is 0.615. The lowest BCUT2D eigenvalue weighted by molar-refractivity contribution is -0.137. The van der Waals surface area contributed by atoms with Crippen LogP contribution >= 0.6 is 11.3 Å². The Morgan fingerprint density at radius 1 is 1.22 bits per heavy atom. The van der Waals surface area contributed by atoms with Crippen molar-refractivity contribution in [2.45, 2.75) is 84.5 Å². The lowest BCUT2D eigenvalue weighted by atomic mass is 9.78. The lowest BCUT2D eigenvalue weighted by Gasteiger charge is -2.39. The highest BCUT2D eigenvalue weighted by Gasteiger charge is 2.39. The number of alkyl halides is 3. The van der Waals surface area contributed by atoms with Crippen molar-refractivity contribution in [2.24, 2.45) is 5.41 Å². The molecule has 0 unspecified atom stereocenters. The van der Waals surface area contributed by atoms with Crippen molar-refractivity contribution < 1.29 is 22.8 Å². The number of nitrogens with zero attached hydrogens (tertiary/aromatic N) is 3. The molecule has 1 saturated heterocycles. The summed E-state index contributed by atoms with van der Waals surface area (Å²) in [7, 11) is 0. The number of halogens is 3. The summed E-state index contributed by atoms with van der Waals surface area (Å²) in [4.78, 5) is 36.6. The second-order valence-electron chi connectivity index (χ2n) is 11.6. The lowest BCUT2D eigenvalue weighted by Crippen LogP contribution is -2.41. The number of carbonyl (C=O) groups is 2. The molecule has 0 spiro atoms. The monoisotopic (exact) mass is 537 g/mol. The van der Waals surface area contributed by atoms with Gasteiger partial charge in [0.2, 0.25) is 0 Å². The number of pyridine rings is 1. The summed E-state index contributed by atoms with van der Waals surface area (Å²) in [6.07, 6.45) is 0.767. The van der Waals surface area contributed by atoms with E-state index in [2.05, 4.69) is 20.6 Å². The van der Waals surface area contributed by atoms with Crippen LogP contribution in [0.3, 0.4) is 0 Å². The minimum absolute atomic E-state index is 0.00578. The summed E-state index contributed by atoms with van der Waals surface area (Å²) in [5.74, 6) is -0.859. The zero-order chi connectivity index (χ0) is 27.2. The normalized spacial score (nSPS) is 19.5. The molecule has 2 aromatic heterocycles. The Hall–Kier alpha value is -2.69. The third-order valence-corrected chi connectivity index (χ3v) is 8.05. The van der Waals surface area contributed by atoms with E-state index < -0.39 is 23.6 Å². The standard InChI is InChI=1S/C26H34F3N5O2S/c1-15-8-6-11-34(15)23(36)19-20(37-22(32-19)21(35)31-14-24(2,3)4)16-13-30-18(12-17(16)26(27,28)29)33-25(5)9-7-10-25/h12-13,15H,6-11,14H2,1-5H3,(H,30,33)(H,31,35)/t15-/m0/s1. The highest BCUT2D eigenvalue weighted by atomic mass is 32.1. The quantitative estimate of drug-likeness (QED) is 0.474. The maximum Gasteiger partial charge on any atom is 0.417 e. The van der Waals surface area contributed by atoms with Crippen molar-refractivity contribution in [3.05, 3.63) is 28.5 Å². The van der Waals surface area contributed by atoms with Crippen LogP contribution in [0.15, 0.2) is 12.3 Å². The molecule has 0 radical (unpaired) electrons. The number of rotatable bonds is 6. The van der Waals surface area contributed by atoms with Gasteiger partial charge in [-0.1, -0.05) is 20.8 Å². The summed E-state index contributed by atoms with van der Waals surface area (Å²) in [6, 6.07) is 0.931. The molecule has 2 N–H and O–H groups in total. The van der Waals surface area contributed by atoms with E-state index >= 15 is 0 Å². The maximum atomic E-state index is 14.3. The predicted molar refractivity (Wildman–Crippen MR) is 138 cm³/mol. The van der Waals surface area contributed by atoms with Crippen molar-refractivity contribution in [3.63, 3.8) is 0 Å². The third kappa shape index (κ3) is 6.08. The summed E-state index contributed by atoms with van der Waals surface area (Å²) >= 11 is 0.794. The molecule has 7 nitrogen and oxygen atoms in total. The first-order valence-corrected chi connectivity index (χ1v) is 13.4. The van der Waals surface area contributed by atoms with E-state index in [1.54, 1.807) is 4.90 Å². The number of nitrogens with one attached hydrogen (secondary N) is 2. The van der Waals surface area contributed by atoms with Gasteiger partial charge < -0.3 is 15.5 Å². The average Bonchev–Trinajstić information content (AvgIpc) is 3.41. The largest absolute Gasteiger partial charge is 0.417 e. The zero-order valence-corrected chi connectivity index (χ0v) is 22.7. The topological polar surface area (TPSA) is 87.2 Å². The molecule has 0 aromatic carbocycles. The van der Waals surface area contributed by atoms with Crippen LogP contribution in [0.5, 0.6) is 0 Å². The molecular formula is C26H34F3N5O2S. The summed E-state index contributed by atoms with van der Waals surface area (Å²) < 4.78 is 42.9. The van der Waals surface area contributed by atoms with Crippen LogP contribution in [0, 0.1) is 5.41 Å². The van der Waals surface area contributed by atoms with Crippen molar-refractivity contribution in [1.29, 1.82) is 0 Å². The van der Waals surface area contributed by atoms with Crippen molar-refractivity contribution in [3.8, 4) is 10.4 Å². The number of aromatic nitrogens is 2. The molecule has 1 aliphatic carbocycles. The van der Waals surface area contributed by atoms with Crippen LogP contribution in [0.2, 0.25) is 0 Å². The van der Waals surface area contributed by atoms with Gasteiger partial charge in [-0.15, -0.1) is 11.3 Å². The van der Waals surface area contributed by atoms with Gasteiger partial charge in [0.05, 0.1) is 10.4 Å². The van der Waals surface area contributed by atoms with Gasteiger partial charge in [0.15, 0.2) is 5.01 Å². The van der Waals surface area contributed by atoms with Crippen LogP contribution in [-0.2, 0) is 6.18 Å². The maximum absolute atomic E-state index is 14.3. The highest BCUT2D eigenvalue weighted by Crippen LogP contribution is 2.43. The third-order valence-electron chi connectivity index (χ3n) is 6.96. The van der Waals surface area contributed by atoms with E-state index in [9.17, 15) is 22.8 Å². The number of thiazole rings is 1. The van der Waals surface area contributed by atoms with Gasteiger partial charge in [-0.3, -0.25) is 9.59 Å². The fourth-order valence-electron chi connectivity index (χ4n) is 4.62. The predicted octanol–water partition coefficient (Wildman–Crippen LogP) is 5.98. The van der Waals surface area contributed by atoms with Gasteiger partial charge in [0.25, 0.3) is 11.8 Å². The molecule has 2 aliphatic rings. The summed E-state index contributed by atoms with van der Waals surface area (Å²) in [5.41, 5.74) is -1.79. The van der Waals surface area contributed by atoms with Gasteiger partial charge in [-0.25, -0.2) is 9.97 Å². The van der Waals surface area contributed by atoms with Gasteiger partial charge in [0.1, 0.15) is 11.5 Å². The molecule has 2 fully saturated rings. The fourth-order valence-corrected chi connectivity index (χ4v) is 5.61. The first-order valence-electron chi connectivity index (χ1n) is 12.6. The summed E-state index contributed by atoms with van der Waals surface area (Å²) in [5, 5.41) is 5.85. The Kier molecular flexibility index (Phi) is 7.31. The Bertz CT molecular complexity index is 1180. The van der Waals surface area contributed by atoms with E-state index in [-0.39, 0.29) is 44.0 Å². The van der Waals surface area contributed by atoms with Gasteiger partial charge >= 0.3 is 6.18 Å². The Balaban J connectivity index is 1.78. The molecule has 4 rings (SSSR count). The van der Waals surface area contributed by atoms with Gasteiger partial charge in [-0.2, -0.15) is 13.2 Å². The van der Waals surface area contributed by atoms with Crippen molar-refractivity contribution >= 4 is 29.0 Å². The molecule has 0 bridgehead atoms. The number of hydrogen-bond acceptors (Lipinski definition) is 6. The van der Waals surface area contributed by atoms with Crippen LogP contribution in [0.4, 0.5) is 19.0 Å². The smallest absolute Gasteiger partial charge is 0.365 e. The molecule has 1 saturated carbocycles. The highest BCUT2D eigenvalue weighted by molar-refractivity contribution is 7.17. The molecule has 1 aliphatic heterocycles. The number of hydrogen-bond donors (Lipinski definition) is 2. The van der Waals surface area contributed by atoms with E-state index in [0.717, 1.165) is 55.7 Å². The average molecular weight is 538 g/mol. The van der Waals surface area contributed by atoms with Gasteiger partial charge in [0, 0.05) is 36.4 Å². The molecule has 2 amide bonds. The Morgan fingerprint density at radius 3 is 2.46 bits per heavy atom. The van der Waals surface area contributed by atoms with E-state index in [4.69, 9.17) is 0 Å². The molecule has 1 atom stereocenters. The second-order valence-corrected chi connectivity index (χ2v) is 12.6. The SMILES string of the molecule is C[C@H]1CCCN1C(=O)c1nc(C(=O)NCC(C)(C)C)sc1-c1cnc(NC2(C)CCC2)cc1C(F)(F)F. The number of amides is 2. The number of carbonyl (C=O) groups excluding carboxylic acids is 2. The first-order chi connectivity index (χ1) is 17.2. The van der Waals surface area contributed by atoms with Crippen LogP contribution in [0.25, 0.3) is 10.4 Å². The van der Waals surface area contributed by atoms with Crippen LogP contribution in [0.1, 0.15) is 92.6 Å². The van der Waals surface area contributed by atoms with Gasteiger partial charge in [-0.05, 0) is 57.4 Å².